The highest BCUT2D eigenvalue weighted by Gasteiger charge is 2.39. The summed E-state index contributed by atoms with van der Waals surface area (Å²) in [6, 6.07) is 0. The van der Waals surface area contributed by atoms with Gasteiger partial charge in [0.25, 0.3) is 0 Å². The van der Waals surface area contributed by atoms with Crippen molar-refractivity contribution in [3.8, 4) is 0 Å². The first kappa shape index (κ1) is 14.0. The molecule has 0 amide bonds. The van der Waals surface area contributed by atoms with E-state index < -0.39 is 0 Å². The van der Waals surface area contributed by atoms with Crippen LogP contribution in [0.25, 0.3) is 0 Å². The maximum absolute atomic E-state index is 3.88. The molecular formula is C15H31N. The Hall–Kier alpha value is -0.0400. The van der Waals surface area contributed by atoms with Gasteiger partial charge in [-0.3, -0.25) is 0 Å². The fraction of sp³-hybridized carbons (Fsp3) is 1.00. The van der Waals surface area contributed by atoms with Crippen LogP contribution < -0.4 is 5.32 Å². The average molecular weight is 225 g/mol. The van der Waals surface area contributed by atoms with Gasteiger partial charge in [-0.15, -0.1) is 0 Å². The molecule has 16 heavy (non-hydrogen) atoms. The van der Waals surface area contributed by atoms with Crippen molar-refractivity contribution in [1.29, 1.82) is 0 Å². The summed E-state index contributed by atoms with van der Waals surface area (Å²) in [7, 11) is 0. The average Bonchev–Trinajstić information content (AvgIpc) is 2.11. The van der Waals surface area contributed by atoms with Gasteiger partial charge in [-0.1, -0.05) is 39.5 Å². The minimum atomic E-state index is 0.334. The zero-order valence-corrected chi connectivity index (χ0v) is 12.0. The maximum atomic E-state index is 3.88. The van der Waals surface area contributed by atoms with Gasteiger partial charge in [-0.2, -0.15) is 0 Å². The Kier molecular flexibility index (Phi) is 4.85. The first-order chi connectivity index (χ1) is 7.41. The number of hydrogen-bond donors (Lipinski definition) is 1. The molecule has 1 heteroatoms. The van der Waals surface area contributed by atoms with Gasteiger partial charge < -0.3 is 5.32 Å². The predicted octanol–water partition coefficient (Wildman–Crippen LogP) is 4.51. The molecule has 0 aliphatic carbocycles. The highest BCUT2D eigenvalue weighted by molar-refractivity contribution is 4.98. The van der Waals surface area contributed by atoms with E-state index >= 15 is 0 Å². The standard InChI is InChI=1S/C15H31N/c1-6-8-9-13-11-14(3,4)16-15(5,12-13)10-7-2/h13,16H,6-12H2,1-5H3. The number of rotatable bonds is 5. The zero-order valence-electron chi connectivity index (χ0n) is 12.0. The minimum absolute atomic E-state index is 0.334. The molecule has 0 aromatic rings. The lowest BCUT2D eigenvalue weighted by molar-refractivity contribution is 0.103. The lowest BCUT2D eigenvalue weighted by Crippen LogP contribution is -2.59. The van der Waals surface area contributed by atoms with Gasteiger partial charge in [0.1, 0.15) is 0 Å². The van der Waals surface area contributed by atoms with E-state index in [4.69, 9.17) is 0 Å². The van der Waals surface area contributed by atoms with Crippen molar-refractivity contribution in [2.75, 3.05) is 0 Å². The van der Waals surface area contributed by atoms with Gasteiger partial charge in [0, 0.05) is 11.1 Å². The SMILES string of the molecule is CCCCC1CC(C)(C)NC(C)(CCC)C1. The van der Waals surface area contributed by atoms with Gasteiger partial charge in [-0.25, -0.2) is 0 Å². The third kappa shape index (κ3) is 4.08. The summed E-state index contributed by atoms with van der Waals surface area (Å²) in [5, 5.41) is 3.88. The summed E-state index contributed by atoms with van der Waals surface area (Å²) in [6.07, 6.45) is 9.52. The lowest BCUT2D eigenvalue weighted by Gasteiger charge is -2.48. The Labute approximate surface area is 102 Å². The Morgan fingerprint density at radius 3 is 2.31 bits per heavy atom. The number of unbranched alkanes of at least 4 members (excludes halogenated alkanes) is 1. The molecule has 0 aromatic carbocycles. The fourth-order valence-corrected chi connectivity index (χ4v) is 3.76. The first-order valence-corrected chi connectivity index (χ1v) is 7.20. The number of piperidine rings is 1. The van der Waals surface area contributed by atoms with Crippen molar-refractivity contribution in [3.05, 3.63) is 0 Å². The van der Waals surface area contributed by atoms with Crippen molar-refractivity contribution in [2.24, 2.45) is 5.92 Å². The van der Waals surface area contributed by atoms with Crippen LogP contribution in [0.2, 0.25) is 0 Å². The Balaban J connectivity index is 2.61. The van der Waals surface area contributed by atoms with Crippen molar-refractivity contribution >= 4 is 0 Å². The molecule has 0 radical (unpaired) electrons. The highest BCUT2D eigenvalue weighted by Crippen LogP contribution is 2.37. The minimum Gasteiger partial charge on any atom is -0.307 e. The van der Waals surface area contributed by atoms with Crippen LogP contribution in [-0.2, 0) is 0 Å². The summed E-state index contributed by atoms with van der Waals surface area (Å²) in [6.45, 7) is 11.8. The van der Waals surface area contributed by atoms with Gasteiger partial charge in [0.05, 0.1) is 0 Å². The summed E-state index contributed by atoms with van der Waals surface area (Å²) in [4.78, 5) is 0. The second kappa shape index (κ2) is 5.53. The van der Waals surface area contributed by atoms with Crippen LogP contribution >= 0.6 is 0 Å². The second-order valence-electron chi connectivity index (χ2n) is 6.74. The van der Waals surface area contributed by atoms with E-state index in [1.165, 1.54) is 44.9 Å². The quantitative estimate of drug-likeness (QED) is 0.725. The van der Waals surface area contributed by atoms with Crippen molar-refractivity contribution in [3.63, 3.8) is 0 Å². The van der Waals surface area contributed by atoms with Gasteiger partial charge in [0.15, 0.2) is 0 Å². The van der Waals surface area contributed by atoms with E-state index in [1.54, 1.807) is 0 Å². The molecule has 1 nitrogen and oxygen atoms in total. The van der Waals surface area contributed by atoms with Crippen LogP contribution in [0.4, 0.5) is 0 Å². The van der Waals surface area contributed by atoms with Crippen LogP contribution in [0.1, 0.15) is 79.6 Å². The zero-order chi connectivity index (χ0) is 12.2. The van der Waals surface area contributed by atoms with Crippen LogP contribution in [0.15, 0.2) is 0 Å². The van der Waals surface area contributed by atoms with E-state index in [2.05, 4.69) is 39.9 Å². The molecule has 1 aliphatic heterocycles. The van der Waals surface area contributed by atoms with Gasteiger partial charge in [-0.05, 0) is 46.0 Å². The molecule has 1 N–H and O–H groups in total. The fourth-order valence-electron chi connectivity index (χ4n) is 3.76. The van der Waals surface area contributed by atoms with Crippen LogP contribution in [0.5, 0.6) is 0 Å². The summed E-state index contributed by atoms with van der Waals surface area (Å²) < 4.78 is 0. The maximum Gasteiger partial charge on any atom is 0.0160 e. The third-order valence-corrected chi connectivity index (χ3v) is 3.95. The van der Waals surface area contributed by atoms with Crippen LogP contribution in [0, 0.1) is 5.92 Å². The normalized spacial score (nSPS) is 33.9. The first-order valence-electron chi connectivity index (χ1n) is 7.20. The van der Waals surface area contributed by atoms with Gasteiger partial charge >= 0.3 is 0 Å². The number of hydrogen-bond acceptors (Lipinski definition) is 1. The molecule has 0 saturated carbocycles. The van der Waals surface area contributed by atoms with Crippen LogP contribution in [0.3, 0.4) is 0 Å². The van der Waals surface area contributed by atoms with E-state index in [9.17, 15) is 0 Å². The molecule has 2 unspecified atom stereocenters. The molecule has 0 spiro atoms. The topological polar surface area (TPSA) is 12.0 Å². The van der Waals surface area contributed by atoms with Crippen molar-refractivity contribution < 1.29 is 0 Å². The molecule has 0 aromatic heterocycles. The molecule has 1 aliphatic rings. The monoisotopic (exact) mass is 225 g/mol. The molecule has 1 heterocycles. The number of nitrogens with one attached hydrogen (secondary N) is 1. The molecule has 1 fully saturated rings. The van der Waals surface area contributed by atoms with E-state index in [0.717, 1.165) is 5.92 Å². The Morgan fingerprint density at radius 2 is 1.75 bits per heavy atom. The molecular weight excluding hydrogens is 194 g/mol. The smallest absolute Gasteiger partial charge is 0.0160 e. The molecule has 1 saturated heterocycles. The largest absolute Gasteiger partial charge is 0.307 e. The van der Waals surface area contributed by atoms with E-state index in [-0.39, 0.29) is 0 Å². The van der Waals surface area contributed by atoms with Gasteiger partial charge in [0.2, 0.25) is 0 Å². The summed E-state index contributed by atoms with van der Waals surface area (Å²) >= 11 is 0. The van der Waals surface area contributed by atoms with E-state index in [1.807, 2.05) is 0 Å². The highest BCUT2D eigenvalue weighted by atomic mass is 15.1. The molecule has 0 bridgehead atoms. The van der Waals surface area contributed by atoms with Crippen molar-refractivity contribution in [2.45, 2.75) is 90.6 Å². The Morgan fingerprint density at radius 1 is 1.06 bits per heavy atom. The summed E-state index contributed by atoms with van der Waals surface area (Å²) in [5.74, 6) is 0.938. The second-order valence-corrected chi connectivity index (χ2v) is 6.74. The predicted molar refractivity (Wildman–Crippen MR) is 72.8 cm³/mol. The Bertz CT molecular complexity index is 209. The van der Waals surface area contributed by atoms with Crippen molar-refractivity contribution in [1.82, 2.24) is 5.32 Å². The molecule has 1 rings (SSSR count). The lowest BCUT2D eigenvalue weighted by atomic mass is 9.72. The van der Waals surface area contributed by atoms with E-state index in [0.29, 0.717) is 11.1 Å². The summed E-state index contributed by atoms with van der Waals surface area (Å²) in [5.41, 5.74) is 0.718. The molecule has 2 atom stereocenters. The third-order valence-electron chi connectivity index (χ3n) is 3.95. The van der Waals surface area contributed by atoms with Crippen LogP contribution in [-0.4, -0.2) is 11.1 Å². The molecule has 96 valence electrons.